The number of nitrogens with zero attached hydrogens (tertiary/aromatic N) is 1. The van der Waals surface area contributed by atoms with Crippen LogP contribution in [0.15, 0.2) is 35.2 Å². The van der Waals surface area contributed by atoms with Crippen molar-refractivity contribution in [3.8, 4) is 0 Å². The van der Waals surface area contributed by atoms with Crippen LogP contribution in [0.1, 0.15) is 20.9 Å². The third kappa shape index (κ3) is 1.69. The van der Waals surface area contributed by atoms with Crippen molar-refractivity contribution in [3.05, 3.63) is 51.3 Å². The fourth-order valence-corrected chi connectivity index (χ4v) is 3.48. The molecule has 3 aromatic rings. The van der Waals surface area contributed by atoms with Crippen LogP contribution in [-0.4, -0.2) is 10.8 Å². The SMILES string of the molecule is Cc1ncsc1C(=O)c1cccc2ccsc12. The van der Waals surface area contributed by atoms with Crippen molar-refractivity contribution in [1.82, 2.24) is 4.98 Å². The first kappa shape index (κ1) is 10.6. The average molecular weight is 259 g/mol. The summed E-state index contributed by atoms with van der Waals surface area (Å²) >= 11 is 3.02. The van der Waals surface area contributed by atoms with Gasteiger partial charge in [-0.15, -0.1) is 22.7 Å². The molecule has 17 heavy (non-hydrogen) atoms. The molecule has 84 valence electrons. The lowest BCUT2D eigenvalue weighted by molar-refractivity contribution is 0.104. The number of carbonyl (C=O) groups excluding carboxylic acids is 1. The van der Waals surface area contributed by atoms with Crippen molar-refractivity contribution in [2.45, 2.75) is 6.92 Å². The summed E-state index contributed by atoms with van der Waals surface area (Å²) in [6.45, 7) is 1.87. The zero-order valence-electron chi connectivity index (χ0n) is 9.14. The number of carbonyl (C=O) groups is 1. The lowest BCUT2D eigenvalue weighted by atomic mass is 10.1. The van der Waals surface area contributed by atoms with E-state index in [2.05, 4.69) is 4.98 Å². The van der Waals surface area contributed by atoms with Crippen LogP contribution in [-0.2, 0) is 0 Å². The number of benzene rings is 1. The van der Waals surface area contributed by atoms with E-state index in [1.165, 1.54) is 11.3 Å². The van der Waals surface area contributed by atoms with Crippen LogP contribution < -0.4 is 0 Å². The standard InChI is InChI=1S/C13H9NOS2/c1-8-12(17-7-14-8)11(15)10-4-2-3-9-5-6-16-13(9)10/h2-7H,1H3. The van der Waals surface area contributed by atoms with Gasteiger partial charge >= 0.3 is 0 Å². The molecule has 0 unspecified atom stereocenters. The van der Waals surface area contributed by atoms with Crippen LogP contribution in [0.5, 0.6) is 0 Å². The molecule has 3 rings (SSSR count). The molecular formula is C13H9NOS2. The Labute approximate surface area is 107 Å². The maximum absolute atomic E-state index is 12.4. The Kier molecular flexibility index (Phi) is 2.53. The fourth-order valence-electron chi connectivity index (χ4n) is 1.81. The average Bonchev–Trinajstić information content (AvgIpc) is 2.95. The number of ketones is 1. The highest BCUT2D eigenvalue weighted by Crippen LogP contribution is 2.28. The van der Waals surface area contributed by atoms with Gasteiger partial charge in [0.2, 0.25) is 5.78 Å². The molecule has 0 radical (unpaired) electrons. The largest absolute Gasteiger partial charge is 0.288 e. The van der Waals surface area contributed by atoms with Gasteiger partial charge in [-0.25, -0.2) is 4.98 Å². The predicted molar refractivity (Wildman–Crippen MR) is 72.1 cm³/mol. The first-order chi connectivity index (χ1) is 8.27. The fraction of sp³-hybridized carbons (Fsp3) is 0.0769. The van der Waals surface area contributed by atoms with Gasteiger partial charge < -0.3 is 0 Å². The molecule has 2 heterocycles. The number of aromatic nitrogens is 1. The van der Waals surface area contributed by atoms with Gasteiger partial charge in [-0.05, 0) is 29.8 Å². The number of aryl methyl sites for hydroxylation is 1. The third-order valence-corrected chi connectivity index (χ3v) is 4.57. The summed E-state index contributed by atoms with van der Waals surface area (Å²) in [7, 11) is 0. The van der Waals surface area contributed by atoms with Crippen LogP contribution in [0.4, 0.5) is 0 Å². The number of hydrogen-bond donors (Lipinski definition) is 0. The van der Waals surface area contributed by atoms with Crippen LogP contribution in [0.3, 0.4) is 0 Å². The van der Waals surface area contributed by atoms with Gasteiger partial charge in [0.05, 0.1) is 16.1 Å². The Bertz CT molecular complexity index is 696. The molecule has 0 aliphatic heterocycles. The normalized spacial score (nSPS) is 10.9. The lowest BCUT2D eigenvalue weighted by Crippen LogP contribution is -2.00. The van der Waals surface area contributed by atoms with Crippen molar-refractivity contribution < 1.29 is 4.79 Å². The monoisotopic (exact) mass is 259 g/mol. The Balaban J connectivity index is 2.19. The van der Waals surface area contributed by atoms with E-state index in [0.717, 1.165) is 26.2 Å². The van der Waals surface area contributed by atoms with Crippen LogP contribution in [0.2, 0.25) is 0 Å². The van der Waals surface area contributed by atoms with Crippen LogP contribution >= 0.6 is 22.7 Å². The highest BCUT2D eigenvalue weighted by molar-refractivity contribution is 7.18. The minimum absolute atomic E-state index is 0.0815. The number of hydrogen-bond acceptors (Lipinski definition) is 4. The van der Waals surface area contributed by atoms with E-state index < -0.39 is 0 Å². The summed E-state index contributed by atoms with van der Waals surface area (Å²) in [5.41, 5.74) is 3.32. The van der Waals surface area contributed by atoms with Gasteiger partial charge in [-0.2, -0.15) is 0 Å². The molecule has 0 aliphatic carbocycles. The maximum atomic E-state index is 12.4. The molecule has 0 N–H and O–H groups in total. The van der Waals surface area contributed by atoms with E-state index in [1.807, 2.05) is 36.6 Å². The molecule has 2 aromatic heterocycles. The Morgan fingerprint density at radius 2 is 2.12 bits per heavy atom. The minimum Gasteiger partial charge on any atom is -0.288 e. The lowest BCUT2D eigenvalue weighted by Gasteiger charge is -2.00. The molecule has 2 nitrogen and oxygen atoms in total. The second kappa shape index (κ2) is 4.05. The third-order valence-electron chi connectivity index (χ3n) is 2.68. The van der Waals surface area contributed by atoms with Gasteiger partial charge in [0.15, 0.2) is 0 Å². The first-order valence-corrected chi connectivity index (χ1v) is 6.94. The molecule has 0 aliphatic rings. The minimum atomic E-state index is 0.0815. The maximum Gasteiger partial charge on any atom is 0.206 e. The summed E-state index contributed by atoms with van der Waals surface area (Å²) in [6.07, 6.45) is 0. The van der Waals surface area contributed by atoms with Crippen LogP contribution in [0.25, 0.3) is 10.1 Å². The molecule has 0 amide bonds. The smallest absolute Gasteiger partial charge is 0.206 e. The predicted octanol–water partition coefficient (Wildman–Crippen LogP) is 3.90. The van der Waals surface area contributed by atoms with Crippen molar-refractivity contribution in [3.63, 3.8) is 0 Å². The van der Waals surface area contributed by atoms with Crippen molar-refractivity contribution in [1.29, 1.82) is 0 Å². The van der Waals surface area contributed by atoms with E-state index in [9.17, 15) is 4.79 Å². The summed E-state index contributed by atoms with van der Waals surface area (Å²) < 4.78 is 1.06. The summed E-state index contributed by atoms with van der Waals surface area (Å²) in [4.78, 5) is 17.3. The Morgan fingerprint density at radius 3 is 2.88 bits per heavy atom. The molecule has 4 heteroatoms. The topological polar surface area (TPSA) is 30.0 Å². The second-order valence-electron chi connectivity index (χ2n) is 3.74. The van der Waals surface area contributed by atoms with Gasteiger partial charge in [-0.3, -0.25) is 4.79 Å². The van der Waals surface area contributed by atoms with E-state index in [1.54, 1.807) is 16.8 Å². The summed E-state index contributed by atoms with van der Waals surface area (Å²) in [6, 6.07) is 7.89. The highest BCUT2D eigenvalue weighted by atomic mass is 32.1. The first-order valence-electron chi connectivity index (χ1n) is 5.18. The van der Waals surface area contributed by atoms with E-state index >= 15 is 0 Å². The van der Waals surface area contributed by atoms with Gasteiger partial charge in [0, 0.05) is 10.3 Å². The highest BCUT2D eigenvalue weighted by Gasteiger charge is 2.16. The molecule has 0 saturated carbocycles. The zero-order valence-corrected chi connectivity index (χ0v) is 10.8. The summed E-state index contributed by atoms with van der Waals surface area (Å²) in [5.74, 6) is 0.0815. The van der Waals surface area contributed by atoms with Crippen molar-refractivity contribution in [2.24, 2.45) is 0 Å². The van der Waals surface area contributed by atoms with Crippen LogP contribution in [0, 0.1) is 6.92 Å². The molecule has 0 spiro atoms. The van der Waals surface area contributed by atoms with E-state index in [0.29, 0.717) is 0 Å². The molecule has 0 bridgehead atoms. The number of rotatable bonds is 2. The molecular weight excluding hydrogens is 250 g/mol. The van der Waals surface area contributed by atoms with E-state index in [-0.39, 0.29) is 5.78 Å². The number of thiazole rings is 1. The molecule has 1 aromatic carbocycles. The number of fused-ring (bicyclic) bond motifs is 1. The number of thiophene rings is 1. The summed E-state index contributed by atoms with van der Waals surface area (Å²) in [5, 5.41) is 3.14. The van der Waals surface area contributed by atoms with Gasteiger partial charge in [0.1, 0.15) is 0 Å². The van der Waals surface area contributed by atoms with E-state index in [4.69, 9.17) is 0 Å². The van der Waals surface area contributed by atoms with Gasteiger partial charge in [0.25, 0.3) is 0 Å². The Morgan fingerprint density at radius 1 is 1.24 bits per heavy atom. The van der Waals surface area contributed by atoms with Crippen molar-refractivity contribution >= 4 is 38.5 Å². The molecule has 0 saturated heterocycles. The molecule has 0 fully saturated rings. The molecule has 0 atom stereocenters. The Hall–Kier alpha value is -1.52. The second-order valence-corrected chi connectivity index (χ2v) is 5.51. The van der Waals surface area contributed by atoms with Gasteiger partial charge in [-0.1, -0.05) is 12.1 Å². The van der Waals surface area contributed by atoms with Crippen molar-refractivity contribution in [2.75, 3.05) is 0 Å². The zero-order chi connectivity index (χ0) is 11.8. The quantitative estimate of drug-likeness (QED) is 0.653.